The van der Waals surface area contributed by atoms with Crippen molar-refractivity contribution in [3.63, 3.8) is 0 Å². The molecular formula is C15H23N3. The minimum Gasteiger partial charge on any atom is -0.353 e. The van der Waals surface area contributed by atoms with Gasteiger partial charge in [-0.1, -0.05) is 6.42 Å². The van der Waals surface area contributed by atoms with E-state index < -0.39 is 0 Å². The Bertz CT molecular complexity index is 435. The van der Waals surface area contributed by atoms with Crippen LogP contribution in [0.5, 0.6) is 0 Å². The van der Waals surface area contributed by atoms with E-state index in [-0.39, 0.29) is 0 Å². The smallest absolute Gasteiger partial charge is 0.203 e. The van der Waals surface area contributed by atoms with Crippen molar-refractivity contribution in [1.29, 1.82) is 0 Å². The third-order valence-corrected chi connectivity index (χ3v) is 5.40. The Morgan fingerprint density at radius 2 is 2.17 bits per heavy atom. The summed E-state index contributed by atoms with van der Waals surface area (Å²) in [6.45, 7) is 2.36. The molecule has 4 rings (SSSR count). The summed E-state index contributed by atoms with van der Waals surface area (Å²) in [6.07, 6.45) is 12.6. The van der Waals surface area contributed by atoms with Crippen LogP contribution in [0.1, 0.15) is 51.5 Å². The minimum absolute atomic E-state index is 0.584. The maximum absolute atomic E-state index is 4.50. The lowest BCUT2D eigenvalue weighted by Crippen LogP contribution is -2.31. The molecule has 3 aliphatic rings. The highest BCUT2D eigenvalue weighted by atomic mass is 15.2. The van der Waals surface area contributed by atoms with Crippen molar-refractivity contribution >= 4 is 5.95 Å². The van der Waals surface area contributed by atoms with Gasteiger partial charge < -0.3 is 9.88 Å². The predicted molar refractivity (Wildman–Crippen MR) is 72.5 cm³/mol. The van der Waals surface area contributed by atoms with E-state index in [4.69, 9.17) is 0 Å². The quantitative estimate of drug-likeness (QED) is 0.880. The Kier molecular flexibility index (Phi) is 2.42. The van der Waals surface area contributed by atoms with E-state index in [2.05, 4.69) is 28.0 Å². The number of hydrogen-bond acceptors (Lipinski definition) is 2. The van der Waals surface area contributed by atoms with Crippen molar-refractivity contribution in [2.45, 2.75) is 57.5 Å². The van der Waals surface area contributed by atoms with Crippen LogP contribution in [0, 0.1) is 17.8 Å². The second-order valence-corrected chi connectivity index (χ2v) is 6.66. The van der Waals surface area contributed by atoms with Gasteiger partial charge in [-0.05, 0) is 56.8 Å². The monoisotopic (exact) mass is 245 g/mol. The molecule has 1 aromatic rings. The number of aromatic nitrogens is 2. The highest BCUT2D eigenvalue weighted by Crippen LogP contribution is 2.50. The van der Waals surface area contributed by atoms with Crippen LogP contribution in [0.2, 0.25) is 0 Å². The van der Waals surface area contributed by atoms with E-state index in [1.54, 1.807) is 0 Å². The molecule has 0 amide bonds. The molecule has 0 aliphatic heterocycles. The van der Waals surface area contributed by atoms with E-state index in [0.717, 1.165) is 29.7 Å². The molecule has 3 aliphatic carbocycles. The Morgan fingerprint density at radius 3 is 2.83 bits per heavy atom. The van der Waals surface area contributed by atoms with E-state index in [0.29, 0.717) is 6.04 Å². The lowest BCUT2D eigenvalue weighted by molar-refractivity contribution is 0.303. The van der Waals surface area contributed by atoms with Gasteiger partial charge in [-0.3, -0.25) is 0 Å². The third-order valence-electron chi connectivity index (χ3n) is 5.40. The molecule has 4 unspecified atom stereocenters. The molecule has 1 heterocycles. The minimum atomic E-state index is 0.584. The lowest BCUT2D eigenvalue weighted by Gasteiger charge is -2.29. The van der Waals surface area contributed by atoms with E-state index >= 15 is 0 Å². The van der Waals surface area contributed by atoms with Crippen LogP contribution in [-0.2, 0) is 0 Å². The second kappa shape index (κ2) is 4.01. The number of anilines is 1. The van der Waals surface area contributed by atoms with Gasteiger partial charge in [0.25, 0.3) is 0 Å². The summed E-state index contributed by atoms with van der Waals surface area (Å²) in [7, 11) is 0. The Hall–Kier alpha value is -0.990. The van der Waals surface area contributed by atoms with Gasteiger partial charge in [-0.25, -0.2) is 4.98 Å². The highest BCUT2D eigenvalue weighted by molar-refractivity contribution is 5.29. The topological polar surface area (TPSA) is 29.9 Å². The SMILES string of the molecule is CC(Nc1nccn1C1CC1)C1CC2CCC1C2. The van der Waals surface area contributed by atoms with Crippen molar-refractivity contribution in [1.82, 2.24) is 9.55 Å². The van der Waals surface area contributed by atoms with Crippen molar-refractivity contribution in [2.24, 2.45) is 17.8 Å². The molecule has 18 heavy (non-hydrogen) atoms. The molecule has 0 aromatic carbocycles. The number of nitrogens with zero attached hydrogens (tertiary/aromatic N) is 2. The average molecular weight is 245 g/mol. The van der Waals surface area contributed by atoms with Gasteiger partial charge in [0.2, 0.25) is 5.95 Å². The Labute approximate surface area is 109 Å². The Morgan fingerprint density at radius 1 is 1.28 bits per heavy atom. The van der Waals surface area contributed by atoms with Gasteiger partial charge in [0.1, 0.15) is 0 Å². The van der Waals surface area contributed by atoms with Crippen LogP contribution in [-0.4, -0.2) is 15.6 Å². The van der Waals surface area contributed by atoms with Crippen LogP contribution < -0.4 is 5.32 Å². The largest absolute Gasteiger partial charge is 0.353 e. The fraction of sp³-hybridized carbons (Fsp3) is 0.800. The van der Waals surface area contributed by atoms with Gasteiger partial charge in [0, 0.05) is 24.5 Å². The molecule has 3 heteroatoms. The summed E-state index contributed by atoms with van der Waals surface area (Å²) < 4.78 is 2.34. The first kappa shape index (κ1) is 10.9. The molecule has 3 fully saturated rings. The van der Waals surface area contributed by atoms with E-state index in [1.807, 2.05) is 6.20 Å². The molecular weight excluding hydrogens is 222 g/mol. The van der Waals surface area contributed by atoms with Crippen molar-refractivity contribution < 1.29 is 0 Å². The molecule has 98 valence electrons. The zero-order chi connectivity index (χ0) is 12.1. The van der Waals surface area contributed by atoms with Crippen LogP contribution in [0.3, 0.4) is 0 Å². The molecule has 1 N–H and O–H groups in total. The summed E-state index contributed by atoms with van der Waals surface area (Å²) in [5.41, 5.74) is 0. The van der Waals surface area contributed by atoms with Gasteiger partial charge in [0.15, 0.2) is 0 Å². The number of hydrogen-bond donors (Lipinski definition) is 1. The Balaban J connectivity index is 1.45. The molecule has 3 saturated carbocycles. The van der Waals surface area contributed by atoms with Gasteiger partial charge in [-0.15, -0.1) is 0 Å². The highest BCUT2D eigenvalue weighted by Gasteiger charge is 2.42. The molecule has 4 atom stereocenters. The van der Waals surface area contributed by atoms with E-state index in [9.17, 15) is 0 Å². The molecule has 2 bridgehead atoms. The molecule has 0 saturated heterocycles. The zero-order valence-electron chi connectivity index (χ0n) is 11.2. The summed E-state index contributed by atoms with van der Waals surface area (Å²) in [4.78, 5) is 4.50. The van der Waals surface area contributed by atoms with Gasteiger partial charge >= 0.3 is 0 Å². The van der Waals surface area contributed by atoms with Gasteiger partial charge in [-0.2, -0.15) is 0 Å². The predicted octanol–water partition coefficient (Wildman–Crippen LogP) is 3.45. The first-order chi connectivity index (χ1) is 8.81. The van der Waals surface area contributed by atoms with Crippen molar-refractivity contribution in [3.8, 4) is 0 Å². The summed E-state index contributed by atoms with van der Waals surface area (Å²) in [6, 6.07) is 1.31. The molecule has 1 aromatic heterocycles. The van der Waals surface area contributed by atoms with E-state index in [1.165, 1.54) is 38.5 Å². The second-order valence-electron chi connectivity index (χ2n) is 6.66. The summed E-state index contributed by atoms with van der Waals surface area (Å²) >= 11 is 0. The first-order valence-corrected chi connectivity index (χ1v) is 7.60. The summed E-state index contributed by atoms with van der Waals surface area (Å²) in [5.74, 6) is 4.01. The zero-order valence-corrected chi connectivity index (χ0v) is 11.2. The van der Waals surface area contributed by atoms with Crippen LogP contribution in [0.25, 0.3) is 0 Å². The lowest BCUT2D eigenvalue weighted by atomic mass is 9.84. The summed E-state index contributed by atoms with van der Waals surface area (Å²) in [5, 5.41) is 3.69. The first-order valence-electron chi connectivity index (χ1n) is 7.60. The fourth-order valence-electron chi connectivity index (χ4n) is 4.29. The maximum Gasteiger partial charge on any atom is 0.203 e. The van der Waals surface area contributed by atoms with Crippen LogP contribution in [0.15, 0.2) is 12.4 Å². The fourth-order valence-corrected chi connectivity index (χ4v) is 4.29. The van der Waals surface area contributed by atoms with Gasteiger partial charge in [0.05, 0.1) is 0 Å². The average Bonchev–Trinajstić information content (AvgIpc) is 2.81. The standard InChI is InChI=1S/C15H23N3/c1-10(14-9-11-2-3-12(14)8-11)17-15-16-6-7-18(15)13-4-5-13/h6-7,10-14H,2-5,8-9H2,1H3,(H,16,17). The maximum atomic E-state index is 4.50. The molecule has 3 nitrogen and oxygen atoms in total. The molecule has 0 radical (unpaired) electrons. The van der Waals surface area contributed by atoms with Crippen molar-refractivity contribution in [2.75, 3.05) is 5.32 Å². The number of nitrogens with one attached hydrogen (secondary N) is 1. The number of rotatable bonds is 4. The molecule has 0 spiro atoms. The number of imidazole rings is 1. The normalized spacial score (nSPS) is 35.9. The van der Waals surface area contributed by atoms with Crippen LogP contribution >= 0.6 is 0 Å². The third kappa shape index (κ3) is 1.75. The number of fused-ring (bicyclic) bond motifs is 2. The van der Waals surface area contributed by atoms with Crippen molar-refractivity contribution in [3.05, 3.63) is 12.4 Å². The van der Waals surface area contributed by atoms with Crippen LogP contribution in [0.4, 0.5) is 5.95 Å².